The Morgan fingerprint density at radius 1 is 0.941 bits per heavy atom. The van der Waals surface area contributed by atoms with E-state index in [4.69, 9.17) is 0 Å². The van der Waals surface area contributed by atoms with Crippen LogP contribution in [-0.4, -0.2) is 5.11 Å². The lowest BCUT2D eigenvalue weighted by Gasteiger charge is -2.17. The summed E-state index contributed by atoms with van der Waals surface area (Å²) in [5, 5.41) is 9.96. The lowest BCUT2D eigenvalue weighted by molar-refractivity contribution is 0.466. The summed E-state index contributed by atoms with van der Waals surface area (Å²) in [5.41, 5.74) is 4.71. The average molecular weight is 226 g/mol. The first-order chi connectivity index (χ1) is 8.09. The maximum Gasteiger partial charge on any atom is 0.119 e. The monoisotopic (exact) mass is 226 g/mol. The molecule has 2 aromatic carbocycles. The molecular weight excluding hydrogens is 208 g/mol. The highest BCUT2D eigenvalue weighted by Crippen LogP contribution is 2.32. The van der Waals surface area contributed by atoms with Gasteiger partial charge >= 0.3 is 0 Å². The van der Waals surface area contributed by atoms with Gasteiger partial charge in [0.15, 0.2) is 0 Å². The fourth-order valence-electron chi connectivity index (χ4n) is 2.26. The van der Waals surface area contributed by atoms with Gasteiger partial charge in [0.1, 0.15) is 5.75 Å². The minimum absolute atomic E-state index is 0.219. The molecule has 0 aliphatic heterocycles. The molecule has 0 aliphatic carbocycles. The van der Waals surface area contributed by atoms with Gasteiger partial charge in [-0.15, -0.1) is 0 Å². The third-order valence-electron chi connectivity index (χ3n) is 3.30. The first kappa shape index (κ1) is 11.7. The Hall–Kier alpha value is -1.76. The van der Waals surface area contributed by atoms with E-state index in [2.05, 4.69) is 32.0 Å². The van der Waals surface area contributed by atoms with Gasteiger partial charge in [-0.05, 0) is 31.0 Å². The lowest BCUT2D eigenvalue weighted by Crippen LogP contribution is -1.99. The Morgan fingerprint density at radius 3 is 2.35 bits per heavy atom. The normalized spacial score (nSPS) is 12.4. The van der Waals surface area contributed by atoms with E-state index >= 15 is 0 Å². The third-order valence-corrected chi connectivity index (χ3v) is 3.30. The molecule has 0 aromatic heterocycles. The molecule has 0 aliphatic rings. The summed E-state index contributed by atoms with van der Waals surface area (Å²) in [6.45, 7) is 6.29. The Bertz CT molecular complexity index is 529. The molecule has 0 fully saturated rings. The molecule has 0 radical (unpaired) electrons. The fourth-order valence-corrected chi connectivity index (χ4v) is 2.26. The topological polar surface area (TPSA) is 20.2 Å². The Balaban J connectivity index is 2.47. The second kappa shape index (κ2) is 4.62. The molecule has 0 bridgehead atoms. The second-order valence-electron chi connectivity index (χ2n) is 4.64. The van der Waals surface area contributed by atoms with Gasteiger partial charge in [0.2, 0.25) is 0 Å². The predicted molar refractivity (Wildman–Crippen MR) is 71.5 cm³/mol. The average Bonchev–Trinajstić information content (AvgIpc) is 2.32. The molecule has 88 valence electrons. The van der Waals surface area contributed by atoms with Crippen molar-refractivity contribution >= 4 is 0 Å². The number of phenolic OH excluding ortho intramolecular Hbond substituents is 1. The smallest absolute Gasteiger partial charge is 0.119 e. The van der Waals surface area contributed by atoms with E-state index in [9.17, 15) is 5.11 Å². The van der Waals surface area contributed by atoms with E-state index in [0.717, 1.165) is 5.56 Å². The molecule has 2 rings (SSSR count). The molecule has 0 spiro atoms. The number of aromatic hydroxyl groups is 1. The van der Waals surface area contributed by atoms with Gasteiger partial charge in [0.05, 0.1) is 0 Å². The van der Waals surface area contributed by atoms with Crippen LogP contribution in [0.25, 0.3) is 0 Å². The number of hydrogen-bond acceptors (Lipinski definition) is 1. The molecule has 0 amide bonds. The molecule has 17 heavy (non-hydrogen) atoms. The van der Waals surface area contributed by atoms with Crippen LogP contribution >= 0.6 is 0 Å². The number of rotatable bonds is 2. The van der Waals surface area contributed by atoms with Gasteiger partial charge in [-0.1, -0.05) is 48.9 Å². The van der Waals surface area contributed by atoms with Crippen LogP contribution in [-0.2, 0) is 0 Å². The largest absolute Gasteiger partial charge is 0.508 e. The highest BCUT2D eigenvalue weighted by molar-refractivity contribution is 5.44. The van der Waals surface area contributed by atoms with E-state index in [1.807, 2.05) is 25.1 Å². The maximum atomic E-state index is 9.96. The molecule has 2 aromatic rings. The van der Waals surface area contributed by atoms with Crippen LogP contribution in [0.4, 0.5) is 0 Å². The van der Waals surface area contributed by atoms with Crippen molar-refractivity contribution in [3.8, 4) is 5.75 Å². The van der Waals surface area contributed by atoms with Crippen molar-refractivity contribution in [3.63, 3.8) is 0 Å². The van der Waals surface area contributed by atoms with E-state index in [0.29, 0.717) is 5.75 Å². The van der Waals surface area contributed by atoms with Crippen molar-refractivity contribution in [1.82, 2.24) is 0 Å². The fraction of sp³-hybridized carbons (Fsp3) is 0.250. The van der Waals surface area contributed by atoms with Crippen LogP contribution in [0, 0.1) is 13.8 Å². The summed E-state index contributed by atoms with van der Waals surface area (Å²) < 4.78 is 0. The van der Waals surface area contributed by atoms with Crippen molar-refractivity contribution in [2.75, 3.05) is 0 Å². The molecule has 1 nitrogen and oxygen atoms in total. The third kappa shape index (κ3) is 2.33. The van der Waals surface area contributed by atoms with Gasteiger partial charge in [0.25, 0.3) is 0 Å². The highest BCUT2D eigenvalue weighted by atomic mass is 16.3. The maximum absolute atomic E-state index is 9.96. The number of hydrogen-bond donors (Lipinski definition) is 1. The van der Waals surface area contributed by atoms with Crippen LogP contribution in [0.5, 0.6) is 5.75 Å². The zero-order valence-electron chi connectivity index (χ0n) is 10.6. The van der Waals surface area contributed by atoms with Crippen LogP contribution in [0.3, 0.4) is 0 Å². The Labute approximate surface area is 103 Å². The number of benzene rings is 2. The van der Waals surface area contributed by atoms with Crippen molar-refractivity contribution in [3.05, 3.63) is 64.7 Å². The van der Waals surface area contributed by atoms with Gasteiger partial charge in [-0.3, -0.25) is 0 Å². The molecule has 1 atom stereocenters. The highest BCUT2D eigenvalue weighted by Gasteiger charge is 2.14. The second-order valence-corrected chi connectivity index (χ2v) is 4.64. The van der Waals surface area contributed by atoms with E-state index in [1.54, 1.807) is 6.07 Å². The minimum Gasteiger partial charge on any atom is -0.508 e. The summed E-state index contributed by atoms with van der Waals surface area (Å²) in [6, 6.07) is 14.1. The lowest BCUT2D eigenvalue weighted by atomic mass is 9.89. The molecule has 0 heterocycles. The van der Waals surface area contributed by atoms with E-state index in [-0.39, 0.29) is 5.92 Å². The van der Waals surface area contributed by atoms with Crippen molar-refractivity contribution < 1.29 is 5.11 Å². The summed E-state index contributed by atoms with van der Waals surface area (Å²) in [6.07, 6.45) is 0. The summed E-state index contributed by atoms with van der Waals surface area (Å²) in [4.78, 5) is 0. The van der Waals surface area contributed by atoms with Gasteiger partial charge in [-0.2, -0.15) is 0 Å². The van der Waals surface area contributed by atoms with Crippen molar-refractivity contribution in [1.29, 1.82) is 0 Å². The molecular formula is C16H18O. The number of aryl methyl sites for hydroxylation is 2. The first-order valence-electron chi connectivity index (χ1n) is 5.94. The number of phenols is 1. The van der Waals surface area contributed by atoms with E-state index < -0.39 is 0 Å². The van der Waals surface area contributed by atoms with Gasteiger partial charge in [0, 0.05) is 11.5 Å². The summed E-state index contributed by atoms with van der Waals surface area (Å²) in [7, 11) is 0. The zero-order valence-corrected chi connectivity index (χ0v) is 10.6. The first-order valence-corrected chi connectivity index (χ1v) is 5.94. The van der Waals surface area contributed by atoms with Gasteiger partial charge < -0.3 is 5.11 Å². The Kier molecular flexibility index (Phi) is 3.19. The molecule has 1 N–H and O–H groups in total. The predicted octanol–water partition coefficient (Wildman–Crippen LogP) is 4.16. The van der Waals surface area contributed by atoms with Crippen LogP contribution < -0.4 is 0 Å². The quantitative estimate of drug-likeness (QED) is 0.815. The molecule has 0 saturated heterocycles. The summed E-state index contributed by atoms with van der Waals surface area (Å²) >= 11 is 0. The molecule has 0 saturated carbocycles. The van der Waals surface area contributed by atoms with Crippen LogP contribution in [0.15, 0.2) is 42.5 Å². The zero-order chi connectivity index (χ0) is 12.4. The van der Waals surface area contributed by atoms with Crippen LogP contribution in [0.2, 0.25) is 0 Å². The minimum atomic E-state index is 0.219. The summed E-state index contributed by atoms with van der Waals surface area (Å²) in [5.74, 6) is 0.599. The van der Waals surface area contributed by atoms with E-state index in [1.165, 1.54) is 16.7 Å². The standard InChI is InChI=1S/C16H18O/c1-11-8-9-16(17)15(10-11)13(3)14-7-5-4-6-12(14)2/h4-10,13,17H,1-3H3. The Morgan fingerprint density at radius 2 is 1.65 bits per heavy atom. The van der Waals surface area contributed by atoms with Crippen LogP contribution in [0.1, 0.15) is 35.1 Å². The molecule has 1 unspecified atom stereocenters. The molecule has 1 heteroatoms. The van der Waals surface area contributed by atoms with Gasteiger partial charge in [-0.25, -0.2) is 0 Å². The SMILES string of the molecule is Cc1ccc(O)c(C(C)c2ccccc2C)c1. The van der Waals surface area contributed by atoms with Crippen molar-refractivity contribution in [2.24, 2.45) is 0 Å². The van der Waals surface area contributed by atoms with Crippen molar-refractivity contribution in [2.45, 2.75) is 26.7 Å².